The van der Waals surface area contributed by atoms with Crippen molar-refractivity contribution in [2.24, 2.45) is 5.73 Å². The summed E-state index contributed by atoms with van der Waals surface area (Å²) in [7, 11) is 0. The van der Waals surface area contributed by atoms with Gasteiger partial charge in [0.05, 0.1) is 12.2 Å². The number of nitrogens with zero attached hydrogens (tertiary/aromatic N) is 1. The first-order valence-corrected chi connectivity index (χ1v) is 6.33. The monoisotopic (exact) mass is 234 g/mol. The van der Waals surface area contributed by atoms with E-state index in [1.807, 2.05) is 6.92 Å². The van der Waals surface area contributed by atoms with E-state index in [9.17, 15) is 0 Å². The van der Waals surface area contributed by atoms with Gasteiger partial charge in [-0.25, -0.2) is 0 Å². The summed E-state index contributed by atoms with van der Waals surface area (Å²) in [6, 6.07) is 8.47. The molecule has 0 aliphatic carbocycles. The maximum atomic E-state index is 6.03. The Kier molecular flexibility index (Phi) is 3.69. The molecule has 1 aromatic carbocycles. The van der Waals surface area contributed by atoms with Gasteiger partial charge < -0.3 is 15.4 Å². The molecule has 1 fully saturated rings. The molecule has 0 aromatic heterocycles. The van der Waals surface area contributed by atoms with Crippen LogP contribution in [0.25, 0.3) is 0 Å². The number of benzene rings is 1. The second-order valence-electron chi connectivity index (χ2n) is 5.01. The zero-order chi connectivity index (χ0) is 12.4. The molecule has 0 radical (unpaired) electrons. The Balaban J connectivity index is 2.27. The van der Waals surface area contributed by atoms with Gasteiger partial charge in [0.2, 0.25) is 0 Å². The quantitative estimate of drug-likeness (QED) is 0.853. The first-order chi connectivity index (χ1) is 8.08. The summed E-state index contributed by atoms with van der Waals surface area (Å²) in [5.74, 6) is 0. The number of para-hydroxylation sites is 1. The van der Waals surface area contributed by atoms with Crippen LogP contribution in [0.4, 0.5) is 5.69 Å². The number of hydrogen-bond acceptors (Lipinski definition) is 3. The van der Waals surface area contributed by atoms with E-state index in [1.54, 1.807) is 0 Å². The largest absolute Gasteiger partial charge is 0.372 e. The average molecular weight is 234 g/mol. The molecule has 2 rings (SSSR count). The smallest absolute Gasteiger partial charge is 0.0726 e. The molecule has 0 saturated carbocycles. The number of anilines is 1. The molecule has 0 unspecified atom stereocenters. The molecule has 2 N–H and O–H groups in total. The number of morpholine rings is 1. The Morgan fingerprint density at radius 1 is 1.24 bits per heavy atom. The predicted molar refractivity (Wildman–Crippen MR) is 71.3 cm³/mol. The van der Waals surface area contributed by atoms with Crippen LogP contribution >= 0.6 is 0 Å². The zero-order valence-electron chi connectivity index (χ0n) is 10.9. The van der Waals surface area contributed by atoms with Crippen LogP contribution in [0.3, 0.4) is 0 Å². The number of rotatable bonds is 2. The number of hydrogen-bond donors (Lipinski definition) is 1. The molecular weight excluding hydrogens is 212 g/mol. The Morgan fingerprint density at radius 3 is 2.41 bits per heavy atom. The third-order valence-electron chi connectivity index (χ3n) is 3.19. The fraction of sp³-hybridized carbons (Fsp3) is 0.571. The molecular formula is C14H22N2O. The second-order valence-corrected chi connectivity index (χ2v) is 5.01. The van der Waals surface area contributed by atoms with Gasteiger partial charge in [-0.05, 0) is 32.4 Å². The summed E-state index contributed by atoms with van der Waals surface area (Å²) in [6.07, 6.45) is 0.555. The first-order valence-electron chi connectivity index (χ1n) is 6.33. The minimum atomic E-state index is 0.0691. The van der Waals surface area contributed by atoms with Crippen LogP contribution in [0, 0.1) is 0 Å². The van der Waals surface area contributed by atoms with Crippen LogP contribution in [-0.4, -0.2) is 25.3 Å². The molecule has 3 nitrogen and oxygen atoms in total. The lowest BCUT2D eigenvalue weighted by Gasteiger charge is -2.38. The van der Waals surface area contributed by atoms with E-state index in [-0.39, 0.29) is 18.2 Å². The molecule has 94 valence electrons. The van der Waals surface area contributed by atoms with Crippen LogP contribution < -0.4 is 10.6 Å². The van der Waals surface area contributed by atoms with Crippen molar-refractivity contribution in [3.8, 4) is 0 Å². The minimum Gasteiger partial charge on any atom is -0.372 e. The maximum Gasteiger partial charge on any atom is 0.0726 e. The summed E-state index contributed by atoms with van der Waals surface area (Å²) in [6.45, 7) is 8.16. The van der Waals surface area contributed by atoms with Gasteiger partial charge >= 0.3 is 0 Å². The molecule has 1 aliphatic heterocycles. The number of nitrogens with two attached hydrogens (primary N) is 1. The van der Waals surface area contributed by atoms with E-state index < -0.39 is 0 Å². The van der Waals surface area contributed by atoms with Gasteiger partial charge in [-0.15, -0.1) is 0 Å². The van der Waals surface area contributed by atoms with Crippen molar-refractivity contribution in [3.63, 3.8) is 0 Å². The van der Waals surface area contributed by atoms with Crippen molar-refractivity contribution in [1.29, 1.82) is 0 Å². The SMILES string of the molecule is C[C@@H]1CN(c2ccccc2[C@H](C)N)C[C@H](C)O1. The summed E-state index contributed by atoms with van der Waals surface area (Å²) < 4.78 is 5.77. The van der Waals surface area contributed by atoms with Crippen LogP contribution in [-0.2, 0) is 4.74 Å². The van der Waals surface area contributed by atoms with E-state index >= 15 is 0 Å². The van der Waals surface area contributed by atoms with Crippen LogP contribution in [0.2, 0.25) is 0 Å². The van der Waals surface area contributed by atoms with Crippen molar-refractivity contribution in [2.45, 2.75) is 39.0 Å². The normalized spacial score (nSPS) is 26.9. The van der Waals surface area contributed by atoms with Crippen molar-refractivity contribution >= 4 is 5.69 Å². The van der Waals surface area contributed by atoms with Crippen molar-refractivity contribution in [1.82, 2.24) is 0 Å². The molecule has 1 aliphatic rings. The van der Waals surface area contributed by atoms with E-state index in [0.717, 1.165) is 13.1 Å². The molecule has 3 atom stereocenters. The van der Waals surface area contributed by atoms with Gasteiger partial charge in [0.15, 0.2) is 0 Å². The van der Waals surface area contributed by atoms with Crippen molar-refractivity contribution in [2.75, 3.05) is 18.0 Å². The van der Waals surface area contributed by atoms with Gasteiger partial charge in [-0.3, -0.25) is 0 Å². The van der Waals surface area contributed by atoms with Crippen LogP contribution in [0.15, 0.2) is 24.3 Å². The van der Waals surface area contributed by atoms with E-state index in [2.05, 4.69) is 43.0 Å². The molecule has 0 amide bonds. The highest BCUT2D eigenvalue weighted by molar-refractivity contribution is 5.55. The van der Waals surface area contributed by atoms with E-state index in [0.29, 0.717) is 0 Å². The van der Waals surface area contributed by atoms with Crippen molar-refractivity contribution in [3.05, 3.63) is 29.8 Å². The predicted octanol–water partition coefficient (Wildman–Crippen LogP) is 2.32. The van der Waals surface area contributed by atoms with E-state index in [4.69, 9.17) is 10.5 Å². The Labute approximate surface area is 104 Å². The lowest BCUT2D eigenvalue weighted by Crippen LogP contribution is -2.46. The van der Waals surface area contributed by atoms with E-state index in [1.165, 1.54) is 11.3 Å². The molecule has 0 bridgehead atoms. The molecule has 3 heteroatoms. The maximum absolute atomic E-state index is 6.03. The third-order valence-corrected chi connectivity index (χ3v) is 3.19. The standard InChI is InChI=1S/C14H22N2O/c1-10-8-16(9-11(2)17-10)14-7-5-4-6-13(14)12(3)15/h4-7,10-12H,8-9,15H2,1-3H3/t10-,11+,12-/m0/s1. The topological polar surface area (TPSA) is 38.5 Å². The van der Waals surface area contributed by atoms with Gasteiger partial charge in [0.1, 0.15) is 0 Å². The van der Waals surface area contributed by atoms with Gasteiger partial charge in [0.25, 0.3) is 0 Å². The van der Waals surface area contributed by atoms with Crippen LogP contribution in [0.1, 0.15) is 32.4 Å². The highest BCUT2D eigenvalue weighted by Crippen LogP contribution is 2.27. The lowest BCUT2D eigenvalue weighted by molar-refractivity contribution is -0.00527. The third kappa shape index (κ3) is 2.79. The minimum absolute atomic E-state index is 0.0691. The Bertz CT molecular complexity index is 368. The van der Waals surface area contributed by atoms with Crippen molar-refractivity contribution < 1.29 is 4.74 Å². The Hall–Kier alpha value is -1.06. The van der Waals surface area contributed by atoms with Gasteiger partial charge in [-0.1, -0.05) is 18.2 Å². The summed E-state index contributed by atoms with van der Waals surface area (Å²) in [5, 5.41) is 0. The lowest BCUT2D eigenvalue weighted by atomic mass is 10.0. The highest BCUT2D eigenvalue weighted by atomic mass is 16.5. The molecule has 17 heavy (non-hydrogen) atoms. The molecule has 0 spiro atoms. The average Bonchev–Trinajstić information content (AvgIpc) is 2.27. The fourth-order valence-electron chi connectivity index (χ4n) is 2.54. The summed E-state index contributed by atoms with van der Waals surface area (Å²) >= 11 is 0. The molecule has 1 heterocycles. The van der Waals surface area contributed by atoms with Gasteiger partial charge in [0, 0.05) is 24.8 Å². The Morgan fingerprint density at radius 2 is 1.82 bits per heavy atom. The molecule has 1 aromatic rings. The van der Waals surface area contributed by atoms with Crippen LogP contribution in [0.5, 0.6) is 0 Å². The first kappa shape index (κ1) is 12.4. The second kappa shape index (κ2) is 5.07. The zero-order valence-corrected chi connectivity index (χ0v) is 10.9. The fourth-order valence-corrected chi connectivity index (χ4v) is 2.54. The number of ether oxygens (including phenoxy) is 1. The van der Waals surface area contributed by atoms with Gasteiger partial charge in [-0.2, -0.15) is 0 Å². The summed E-state index contributed by atoms with van der Waals surface area (Å²) in [5.41, 5.74) is 8.50. The molecule has 1 saturated heterocycles. The highest BCUT2D eigenvalue weighted by Gasteiger charge is 2.24. The summed E-state index contributed by atoms with van der Waals surface area (Å²) in [4.78, 5) is 2.39.